The largest absolute Gasteiger partial charge is 0.388 e. The maximum Gasteiger partial charge on any atom is 0.0846 e. The van der Waals surface area contributed by atoms with Gasteiger partial charge in [0.05, 0.1) is 27.0 Å². The van der Waals surface area contributed by atoms with Crippen LogP contribution in [0.1, 0.15) is 23.1 Å². The van der Waals surface area contributed by atoms with E-state index in [2.05, 4.69) is 37.0 Å². The van der Waals surface area contributed by atoms with Gasteiger partial charge in [-0.25, -0.2) is 0 Å². The summed E-state index contributed by atoms with van der Waals surface area (Å²) in [5.41, 5.74) is 2.67. The Hall–Kier alpha value is -0.360. The molecule has 1 heterocycles. The van der Waals surface area contributed by atoms with Crippen molar-refractivity contribution in [2.75, 3.05) is 0 Å². The van der Waals surface area contributed by atoms with Gasteiger partial charge in [0, 0.05) is 17.9 Å². The van der Waals surface area contributed by atoms with Gasteiger partial charge in [0.2, 0.25) is 0 Å². The molecule has 3 nitrogen and oxygen atoms in total. The van der Waals surface area contributed by atoms with E-state index in [1.807, 2.05) is 26.1 Å². The molecule has 0 bridgehead atoms. The van der Waals surface area contributed by atoms with Crippen LogP contribution in [0.3, 0.4) is 0 Å². The van der Waals surface area contributed by atoms with Crippen LogP contribution in [0.25, 0.3) is 0 Å². The van der Waals surface area contributed by atoms with Crippen LogP contribution in [0, 0.1) is 6.92 Å². The molecule has 0 fully saturated rings. The van der Waals surface area contributed by atoms with Gasteiger partial charge in [-0.1, -0.05) is 17.7 Å². The summed E-state index contributed by atoms with van der Waals surface area (Å²) in [6, 6.07) is 5.47. The number of aromatic nitrogens is 2. The zero-order valence-corrected chi connectivity index (χ0v) is 14.4. The van der Waals surface area contributed by atoms with Gasteiger partial charge in [-0.15, -0.1) is 0 Å². The lowest BCUT2D eigenvalue weighted by atomic mass is 10.0. The summed E-state index contributed by atoms with van der Waals surface area (Å²) in [4.78, 5) is 0. The second-order valence-electron chi connectivity index (χ2n) is 4.36. The summed E-state index contributed by atoms with van der Waals surface area (Å²) in [5.74, 6) is 0. The van der Waals surface area contributed by atoms with E-state index in [-0.39, 0.29) is 0 Å². The predicted octanol–water partition coefficient (Wildman–Crippen LogP) is 4.18. The monoisotopic (exact) mass is 406 g/mol. The molecular formula is C13H13Br2ClN2O. The Labute approximate surface area is 133 Å². The van der Waals surface area contributed by atoms with Crippen LogP contribution in [0.5, 0.6) is 0 Å². The van der Waals surface area contributed by atoms with Crippen LogP contribution >= 0.6 is 43.5 Å². The summed E-state index contributed by atoms with van der Waals surface area (Å²) in [7, 11) is 1.87. The second-order valence-corrected chi connectivity index (χ2v) is 6.42. The molecule has 0 aliphatic heterocycles. The van der Waals surface area contributed by atoms with E-state index in [9.17, 15) is 5.11 Å². The average Bonchev–Trinajstić information content (AvgIpc) is 2.59. The molecule has 6 heteroatoms. The minimum absolute atomic E-state index is 0.482. The molecule has 2 aromatic rings. The van der Waals surface area contributed by atoms with Gasteiger partial charge in [0.25, 0.3) is 0 Å². The minimum atomic E-state index is -0.614. The van der Waals surface area contributed by atoms with Crippen molar-refractivity contribution >= 4 is 43.5 Å². The number of benzene rings is 1. The molecule has 1 unspecified atom stereocenters. The maximum absolute atomic E-state index is 10.3. The molecule has 19 heavy (non-hydrogen) atoms. The zero-order valence-electron chi connectivity index (χ0n) is 10.5. The summed E-state index contributed by atoms with van der Waals surface area (Å²) >= 11 is 12.9. The van der Waals surface area contributed by atoms with Gasteiger partial charge in [0.15, 0.2) is 0 Å². The van der Waals surface area contributed by atoms with Gasteiger partial charge in [-0.05, 0) is 56.5 Å². The molecule has 0 aliphatic carbocycles. The zero-order chi connectivity index (χ0) is 14.2. The highest BCUT2D eigenvalue weighted by Gasteiger charge is 2.17. The van der Waals surface area contributed by atoms with Crippen molar-refractivity contribution in [1.29, 1.82) is 0 Å². The molecule has 1 atom stereocenters. The Bertz CT molecular complexity index is 613. The molecule has 0 saturated carbocycles. The third-order valence-corrected chi connectivity index (χ3v) is 5.24. The first-order chi connectivity index (χ1) is 8.90. The maximum atomic E-state index is 10.3. The first-order valence-electron chi connectivity index (χ1n) is 5.71. The second kappa shape index (κ2) is 5.95. The first-order valence-corrected chi connectivity index (χ1v) is 7.67. The highest BCUT2D eigenvalue weighted by Crippen LogP contribution is 2.29. The highest BCUT2D eigenvalue weighted by molar-refractivity contribution is 9.10. The average molecular weight is 409 g/mol. The van der Waals surface area contributed by atoms with E-state index in [4.69, 9.17) is 11.6 Å². The van der Waals surface area contributed by atoms with Crippen molar-refractivity contribution in [3.05, 3.63) is 49.1 Å². The number of aliphatic hydroxyl groups excluding tert-OH is 1. The number of hydrogen-bond donors (Lipinski definition) is 1. The molecule has 0 amide bonds. The van der Waals surface area contributed by atoms with Crippen molar-refractivity contribution < 1.29 is 5.11 Å². The Morgan fingerprint density at radius 3 is 2.63 bits per heavy atom. The number of aryl methyl sites for hydroxylation is 2. The van der Waals surface area contributed by atoms with Crippen LogP contribution in [0.2, 0.25) is 5.02 Å². The van der Waals surface area contributed by atoms with E-state index < -0.39 is 6.10 Å². The van der Waals surface area contributed by atoms with Gasteiger partial charge >= 0.3 is 0 Å². The van der Waals surface area contributed by atoms with Crippen LogP contribution in [0.15, 0.2) is 27.1 Å². The van der Waals surface area contributed by atoms with Crippen molar-refractivity contribution in [2.45, 2.75) is 19.4 Å². The topological polar surface area (TPSA) is 38.0 Å². The fourth-order valence-corrected chi connectivity index (χ4v) is 2.86. The highest BCUT2D eigenvalue weighted by atomic mass is 79.9. The molecule has 2 rings (SSSR count). The third kappa shape index (κ3) is 3.21. The Balaban J connectivity index is 2.25. The normalized spacial score (nSPS) is 12.7. The standard InChI is InChI=1S/C13H13Br2ClN2O/c1-7-13(15)11(18(2)17-7)6-12(19)8-3-4-9(14)10(16)5-8/h3-5,12,19H,6H2,1-2H3. The smallest absolute Gasteiger partial charge is 0.0846 e. The van der Waals surface area contributed by atoms with Crippen LogP contribution in [-0.4, -0.2) is 14.9 Å². The summed E-state index contributed by atoms with van der Waals surface area (Å²) < 4.78 is 3.54. The van der Waals surface area contributed by atoms with Crippen molar-refractivity contribution in [3.8, 4) is 0 Å². The molecule has 1 aromatic carbocycles. The predicted molar refractivity (Wildman–Crippen MR) is 83.5 cm³/mol. The van der Waals surface area contributed by atoms with Crippen molar-refractivity contribution in [1.82, 2.24) is 9.78 Å². The molecule has 102 valence electrons. The van der Waals surface area contributed by atoms with Gasteiger partial charge in [-0.2, -0.15) is 5.10 Å². The lowest BCUT2D eigenvalue weighted by molar-refractivity contribution is 0.175. The van der Waals surface area contributed by atoms with Gasteiger partial charge < -0.3 is 5.11 Å². The molecular weight excluding hydrogens is 395 g/mol. The van der Waals surface area contributed by atoms with Crippen molar-refractivity contribution in [2.24, 2.45) is 7.05 Å². The Morgan fingerprint density at radius 2 is 2.11 bits per heavy atom. The van der Waals surface area contributed by atoms with Gasteiger partial charge in [0.1, 0.15) is 0 Å². The van der Waals surface area contributed by atoms with E-state index in [1.54, 1.807) is 10.7 Å². The molecule has 1 N–H and O–H groups in total. The third-order valence-electron chi connectivity index (χ3n) is 2.98. The van der Waals surface area contributed by atoms with E-state index in [0.717, 1.165) is 25.9 Å². The first kappa shape index (κ1) is 15.0. The number of rotatable bonds is 3. The number of nitrogens with zero attached hydrogens (tertiary/aromatic N) is 2. The molecule has 0 saturated heterocycles. The minimum Gasteiger partial charge on any atom is -0.388 e. The number of aliphatic hydroxyl groups is 1. The summed E-state index contributed by atoms with van der Waals surface area (Å²) in [6.07, 6.45) is -0.132. The van der Waals surface area contributed by atoms with Gasteiger partial charge in [-0.3, -0.25) is 4.68 Å². The number of hydrogen-bond acceptors (Lipinski definition) is 2. The SMILES string of the molecule is Cc1nn(C)c(CC(O)c2ccc(Br)c(Cl)c2)c1Br. The summed E-state index contributed by atoms with van der Waals surface area (Å²) in [5, 5.41) is 15.2. The summed E-state index contributed by atoms with van der Waals surface area (Å²) in [6.45, 7) is 1.93. The van der Waals surface area contributed by atoms with Crippen LogP contribution in [-0.2, 0) is 13.5 Å². The fraction of sp³-hybridized carbons (Fsp3) is 0.308. The Morgan fingerprint density at radius 1 is 1.42 bits per heavy atom. The Kier molecular flexibility index (Phi) is 4.71. The quantitative estimate of drug-likeness (QED) is 0.827. The lowest BCUT2D eigenvalue weighted by Crippen LogP contribution is -2.07. The molecule has 0 spiro atoms. The van der Waals surface area contributed by atoms with E-state index in [1.165, 1.54) is 0 Å². The van der Waals surface area contributed by atoms with E-state index >= 15 is 0 Å². The van der Waals surface area contributed by atoms with Crippen molar-refractivity contribution in [3.63, 3.8) is 0 Å². The lowest BCUT2D eigenvalue weighted by Gasteiger charge is -2.12. The van der Waals surface area contributed by atoms with Crippen LogP contribution in [0.4, 0.5) is 0 Å². The molecule has 0 aliphatic rings. The number of halogens is 3. The van der Waals surface area contributed by atoms with Crippen LogP contribution < -0.4 is 0 Å². The molecule has 0 radical (unpaired) electrons. The fourth-order valence-electron chi connectivity index (χ4n) is 1.92. The molecule has 1 aromatic heterocycles. The van der Waals surface area contributed by atoms with E-state index in [0.29, 0.717) is 11.4 Å².